The molecule has 1 aliphatic heterocycles. The second-order valence-electron chi connectivity index (χ2n) is 8.71. The highest BCUT2D eigenvalue weighted by Gasteiger charge is 2.42. The van der Waals surface area contributed by atoms with E-state index in [1.807, 2.05) is 0 Å². The molecule has 0 spiro atoms. The zero-order chi connectivity index (χ0) is 25.3. The van der Waals surface area contributed by atoms with E-state index in [0.717, 1.165) is 23.5 Å². The number of carbonyl (C=O) groups excluding carboxylic acids is 1. The molecule has 4 rings (SSSR count). The fourth-order valence-corrected chi connectivity index (χ4v) is 4.80. The summed E-state index contributed by atoms with van der Waals surface area (Å²) < 4.78 is 64.8. The molecule has 1 aromatic heterocycles. The van der Waals surface area contributed by atoms with Crippen LogP contribution in [0.5, 0.6) is 0 Å². The Morgan fingerprint density at radius 1 is 1.20 bits per heavy atom. The molecule has 2 aromatic carbocycles. The van der Waals surface area contributed by atoms with E-state index in [0.29, 0.717) is 12.2 Å². The zero-order valence-corrected chi connectivity index (χ0v) is 20.1. The minimum atomic E-state index is -4.78. The normalized spacial score (nSPS) is 16.0. The molecule has 2 heterocycles. The number of ether oxygens (including phenoxy) is 1. The van der Waals surface area contributed by atoms with Crippen molar-refractivity contribution in [1.82, 2.24) is 9.47 Å². The van der Waals surface area contributed by atoms with E-state index in [-0.39, 0.29) is 46.6 Å². The average molecular weight is 509 g/mol. The lowest BCUT2D eigenvalue weighted by Gasteiger charge is -2.23. The molecule has 3 aromatic rings. The topological polar surface area (TPSA) is 34.5 Å². The number of rotatable bonds is 6. The van der Waals surface area contributed by atoms with Crippen LogP contribution in [0.25, 0.3) is 11.1 Å². The Morgan fingerprint density at radius 3 is 2.51 bits per heavy atom. The van der Waals surface area contributed by atoms with E-state index in [4.69, 9.17) is 16.3 Å². The van der Waals surface area contributed by atoms with Crippen molar-refractivity contribution < 1.29 is 27.1 Å². The van der Waals surface area contributed by atoms with Crippen LogP contribution in [0.2, 0.25) is 5.02 Å². The molecule has 9 heteroatoms. The fourth-order valence-electron chi connectivity index (χ4n) is 4.64. The van der Waals surface area contributed by atoms with Crippen LogP contribution in [-0.2, 0) is 17.5 Å². The molecule has 0 N–H and O–H groups in total. The third-order valence-corrected chi connectivity index (χ3v) is 6.45. The molecule has 0 saturated carbocycles. The molecule has 1 unspecified atom stereocenters. The maximum absolute atomic E-state index is 15.0. The molecule has 1 amide bonds. The summed E-state index contributed by atoms with van der Waals surface area (Å²) in [6.45, 7) is 1.86. The van der Waals surface area contributed by atoms with Crippen molar-refractivity contribution in [3.05, 3.63) is 81.9 Å². The van der Waals surface area contributed by atoms with Gasteiger partial charge in [-0.25, -0.2) is 4.39 Å². The first-order valence-electron chi connectivity index (χ1n) is 11.2. The predicted molar refractivity (Wildman–Crippen MR) is 126 cm³/mol. The quantitative estimate of drug-likeness (QED) is 0.353. The lowest BCUT2D eigenvalue weighted by atomic mass is 9.99. The van der Waals surface area contributed by atoms with Crippen LogP contribution in [0, 0.1) is 12.7 Å². The third kappa shape index (κ3) is 5.23. The first-order chi connectivity index (χ1) is 16.6. The summed E-state index contributed by atoms with van der Waals surface area (Å²) in [6.07, 6.45) is -3.35. The predicted octanol–water partition coefficient (Wildman–Crippen LogP) is 6.57. The number of alkyl halides is 3. The van der Waals surface area contributed by atoms with Gasteiger partial charge in [0.1, 0.15) is 17.2 Å². The van der Waals surface area contributed by atoms with Crippen LogP contribution in [-0.4, -0.2) is 41.7 Å². The van der Waals surface area contributed by atoms with Gasteiger partial charge in [0, 0.05) is 42.9 Å². The van der Waals surface area contributed by atoms with E-state index in [2.05, 4.69) is 0 Å². The summed E-state index contributed by atoms with van der Waals surface area (Å²) in [7, 11) is 1.52. The second-order valence-corrected chi connectivity index (χ2v) is 9.15. The van der Waals surface area contributed by atoms with Gasteiger partial charge < -0.3 is 14.2 Å². The van der Waals surface area contributed by atoms with Gasteiger partial charge in [0.05, 0.1) is 6.10 Å². The monoisotopic (exact) mass is 508 g/mol. The van der Waals surface area contributed by atoms with Gasteiger partial charge in [-0.15, -0.1) is 0 Å². The lowest BCUT2D eigenvalue weighted by molar-refractivity contribution is -0.143. The van der Waals surface area contributed by atoms with Crippen molar-refractivity contribution >= 4 is 17.5 Å². The van der Waals surface area contributed by atoms with Crippen LogP contribution >= 0.6 is 11.6 Å². The Hall–Kier alpha value is -2.84. The number of amides is 1. The number of aromatic nitrogens is 1. The summed E-state index contributed by atoms with van der Waals surface area (Å²) in [4.78, 5) is 15.1. The Bertz CT molecular complexity index is 1220. The van der Waals surface area contributed by atoms with Gasteiger partial charge in [-0.3, -0.25) is 4.79 Å². The summed E-state index contributed by atoms with van der Waals surface area (Å²) in [5, 5.41) is 0.104. The molecule has 1 aliphatic rings. The summed E-state index contributed by atoms with van der Waals surface area (Å²) in [5.41, 5.74) is -1.06. The average Bonchev–Trinajstić information content (AvgIpc) is 3.39. The van der Waals surface area contributed by atoms with Crippen molar-refractivity contribution in [1.29, 1.82) is 0 Å². The van der Waals surface area contributed by atoms with Crippen LogP contribution < -0.4 is 0 Å². The molecular formula is C26H25ClF4N2O2. The standard InChI is InChI=1S/C26H25ClF4N2O2/c1-16-22(20-11-10-18(27)13-21(20)28)23(25(34)32(2)15-19-9-6-12-35-19)33(24(16)26(29,30)31)14-17-7-4-3-5-8-17/h3-5,7-8,10-11,13,19H,6,9,12,14-15H2,1-2H3. The van der Waals surface area contributed by atoms with Crippen LogP contribution in [0.15, 0.2) is 48.5 Å². The zero-order valence-electron chi connectivity index (χ0n) is 19.3. The summed E-state index contributed by atoms with van der Waals surface area (Å²) in [6, 6.07) is 12.3. The first kappa shape index (κ1) is 25.3. The summed E-state index contributed by atoms with van der Waals surface area (Å²) in [5.74, 6) is -1.44. The maximum atomic E-state index is 15.0. The number of nitrogens with zero attached hydrogens (tertiary/aromatic N) is 2. The highest BCUT2D eigenvalue weighted by atomic mass is 35.5. The first-order valence-corrected chi connectivity index (χ1v) is 11.6. The molecule has 0 radical (unpaired) electrons. The van der Waals surface area contributed by atoms with Crippen LogP contribution in [0.3, 0.4) is 0 Å². The number of halogens is 5. The minimum absolute atomic E-state index is 0.0911. The molecule has 0 bridgehead atoms. The molecule has 4 nitrogen and oxygen atoms in total. The minimum Gasteiger partial charge on any atom is -0.376 e. The van der Waals surface area contributed by atoms with Gasteiger partial charge in [-0.2, -0.15) is 13.2 Å². The Morgan fingerprint density at radius 2 is 1.91 bits per heavy atom. The van der Waals surface area contributed by atoms with Gasteiger partial charge in [-0.1, -0.05) is 41.9 Å². The number of hydrogen-bond donors (Lipinski definition) is 0. The summed E-state index contributed by atoms with van der Waals surface area (Å²) >= 11 is 5.89. The Kier molecular flexibility index (Phi) is 7.24. The van der Waals surface area contributed by atoms with Gasteiger partial charge in [0.15, 0.2) is 0 Å². The smallest absolute Gasteiger partial charge is 0.376 e. The van der Waals surface area contributed by atoms with Crippen molar-refractivity contribution in [2.45, 2.75) is 38.6 Å². The van der Waals surface area contributed by atoms with Crippen LogP contribution in [0.4, 0.5) is 17.6 Å². The Balaban J connectivity index is 1.94. The van der Waals surface area contributed by atoms with E-state index in [1.54, 1.807) is 30.3 Å². The molecule has 1 fully saturated rings. The number of benzene rings is 2. The van der Waals surface area contributed by atoms with Gasteiger partial charge in [0.25, 0.3) is 5.91 Å². The molecule has 1 saturated heterocycles. The van der Waals surface area contributed by atoms with E-state index in [1.165, 1.54) is 31.0 Å². The van der Waals surface area contributed by atoms with E-state index < -0.39 is 23.6 Å². The lowest BCUT2D eigenvalue weighted by Crippen LogP contribution is -2.36. The van der Waals surface area contributed by atoms with E-state index >= 15 is 4.39 Å². The molecule has 0 aliphatic carbocycles. The largest absolute Gasteiger partial charge is 0.431 e. The SMILES string of the molecule is Cc1c(-c2ccc(Cl)cc2F)c(C(=O)N(C)CC2CCCO2)n(Cc2ccccc2)c1C(F)(F)F. The number of carbonyl (C=O) groups is 1. The highest BCUT2D eigenvalue weighted by Crippen LogP contribution is 2.42. The number of likely N-dealkylation sites (N-methyl/N-ethyl adjacent to an activating group) is 1. The maximum Gasteiger partial charge on any atom is 0.431 e. The van der Waals surface area contributed by atoms with Crippen molar-refractivity contribution in [2.75, 3.05) is 20.2 Å². The van der Waals surface area contributed by atoms with Gasteiger partial charge >= 0.3 is 6.18 Å². The van der Waals surface area contributed by atoms with Crippen molar-refractivity contribution in [3.63, 3.8) is 0 Å². The number of hydrogen-bond acceptors (Lipinski definition) is 2. The molecule has 35 heavy (non-hydrogen) atoms. The highest BCUT2D eigenvalue weighted by molar-refractivity contribution is 6.30. The van der Waals surface area contributed by atoms with Crippen LogP contribution in [0.1, 0.15) is 40.2 Å². The van der Waals surface area contributed by atoms with Crippen molar-refractivity contribution in [2.24, 2.45) is 0 Å². The Labute approximate surface area is 206 Å². The third-order valence-electron chi connectivity index (χ3n) is 6.21. The van der Waals surface area contributed by atoms with Gasteiger partial charge in [0.2, 0.25) is 0 Å². The van der Waals surface area contributed by atoms with E-state index in [9.17, 15) is 18.0 Å². The van der Waals surface area contributed by atoms with Gasteiger partial charge in [-0.05, 0) is 49.1 Å². The molecule has 1 atom stereocenters. The molecule has 186 valence electrons. The second kappa shape index (κ2) is 10.0. The van der Waals surface area contributed by atoms with Crippen molar-refractivity contribution in [3.8, 4) is 11.1 Å². The fraction of sp³-hybridized carbons (Fsp3) is 0.346. The molecular weight excluding hydrogens is 484 g/mol.